The Balaban J connectivity index is 2.45. The molecule has 0 aromatic carbocycles. The van der Waals surface area contributed by atoms with E-state index in [-0.39, 0.29) is 6.61 Å². The maximum atomic E-state index is 12.9. The first kappa shape index (κ1) is 8.90. The van der Waals surface area contributed by atoms with Gasteiger partial charge in [-0.25, -0.2) is 4.39 Å². The van der Waals surface area contributed by atoms with E-state index in [0.29, 0.717) is 0 Å². The van der Waals surface area contributed by atoms with Crippen LogP contribution in [0.2, 0.25) is 0 Å². The number of ether oxygens (including phenoxy) is 2. The maximum absolute atomic E-state index is 12.9. The summed E-state index contributed by atoms with van der Waals surface area (Å²) in [5, 5.41) is 9.18. The Morgan fingerprint density at radius 2 is 2.27 bits per heavy atom. The van der Waals surface area contributed by atoms with Gasteiger partial charge in [0.1, 0.15) is 12.2 Å². The van der Waals surface area contributed by atoms with E-state index >= 15 is 0 Å². The van der Waals surface area contributed by atoms with Gasteiger partial charge < -0.3 is 14.6 Å². The Kier molecular flexibility index (Phi) is 2.81. The lowest BCUT2D eigenvalue weighted by atomic mass is 10.1. The molecule has 0 saturated carbocycles. The van der Waals surface area contributed by atoms with Crippen molar-refractivity contribution in [3.8, 4) is 0 Å². The number of aliphatic hydroxyl groups excluding tert-OH is 1. The highest BCUT2D eigenvalue weighted by molar-refractivity contribution is 4.88. The molecule has 1 rings (SSSR count). The Bertz CT molecular complexity index is 131. The third-order valence-electron chi connectivity index (χ3n) is 1.88. The third-order valence-corrected chi connectivity index (χ3v) is 1.88. The predicted octanol–water partition coefficient (Wildman–Crippen LogP) is 0.119. The third kappa shape index (κ3) is 1.69. The van der Waals surface area contributed by atoms with Gasteiger partial charge in [0.25, 0.3) is 0 Å². The summed E-state index contributed by atoms with van der Waals surface area (Å²) in [6, 6.07) is 0. The minimum absolute atomic E-state index is 0.242. The number of hydrogen-bond acceptors (Lipinski definition) is 3. The van der Waals surface area contributed by atoms with Gasteiger partial charge in [-0.1, -0.05) is 0 Å². The predicted molar refractivity (Wildman–Crippen MR) is 37.1 cm³/mol. The smallest absolute Gasteiger partial charge is 0.154 e. The standard InChI is InChI=1S/C7H13FO3/c1-4-6(8)7(9)5(11-4)3-10-2/h4-7,9H,3H2,1-2H3/t4-,5+,6+,7+/m1/s1. The maximum Gasteiger partial charge on any atom is 0.154 e. The molecule has 0 bridgehead atoms. The number of halogens is 1. The number of methoxy groups -OCH3 is 1. The van der Waals surface area contributed by atoms with E-state index in [1.165, 1.54) is 7.11 Å². The van der Waals surface area contributed by atoms with Crippen molar-refractivity contribution in [1.29, 1.82) is 0 Å². The van der Waals surface area contributed by atoms with Crippen molar-refractivity contribution in [3.05, 3.63) is 0 Å². The van der Waals surface area contributed by atoms with Crippen molar-refractivity contribution in [3.63, 3.8) is 0 Å². The van der Waals surface area contributed by atoms with Crippen LogP contribution in [0.4, 0.5) is 4.39 Å². The highest BCUT2D eigenvalue weighted by Crippen LogP contribution is 2.23. The van der Waals surface area contributed by atoms with Gasteiger partial charge in [0.2, 0.25) is 0 Å². The van der Waals surface area contributed by atoms with E-state index in [4.69, 9.17) is 9.47 Å². The lowest BCUT2D eigenvalue weighted by molar-refractivity contribution is -0.0289. The van der Waals surface area contributed by atoms with Gasteiger partial charge in [0.15, 0.2) is 6.17 Å². The Labute approximate surface area is 65.1 Å². The van der Waals surface area contributed by atoms with Crippen molar-refractivity contribution >= 4 is 0 Å². The molecule has 4 heteroatoms. The highest BCUT2D eigenvalue weighted by atomic mass is 19.1. The van der Waals surface area contributed by atoms with Crippen LogP contribution in [0.1, 0.15) is 6.92 Å². The number of aliphatic hydroxyl groups is 1. The first-order valence-corrected chi connectivity index (χ1v) is 3.63. The SMILES string of the molecule is COC[C@@H]1O[C@H](C)[C@H](F)[C@H]1O. The van der Waals surface area contributed by atoms with E-state index in [1.807, 2.05) is 0 Å². The van der Waals surface area contributed by atoms with Crippen molar-refractivity contribution in [2.75, 3.05) is 13.7 Å². The minimum Gasteiger partial charge on any atom is -0.387 e. The minimum atomic E-state index is -1.28. The molecule has 1 aliphatic rings. The molecule has 0 spiro atoms. The Morgan fingerprint density at radius 1 is 1.64 bits per heavy atom. The molecule has 0 aromatic heterocycles. The molecule has 1 N–H and O–H groups in total. The molecule has 1 fully saturated rings. The van der Waals surface area contributed by atoms with E-state index in [9.17, 15) is 9.50 Å². The quantitative estimate of drug-likeness (QED) is 0.630. The van der Waals surface area contributed by atoms with Gasteiger partial charge in [-0.3, -0.25) is 0 Å². The molecule has 0 amide bonds. The molecule has 0 unspecified atom stereocenters. The van der Waals surface area contributed by atoms with E-state index in [1.54, 1.807) is 6.92 Å². The molecule has 66 valence electrons. The number of alkyl halides is 1. The van der Waals surface area contributed by atoms with Gasteiger partial charge >= 0.3 is 0 Å². The summed E-state index contributed by atoms with van der Waals surface area (Å²) in [5.41, 5.74) is 0. The van der Waals surface area contributed by atoms with Crippen LogP contribution in [-0.4, -0.2) is 43.3 Å². The molecule has 1 heterocycles. The molecule has 4 atom stereocenters. The molecule has 0 radical (unpaired) electrons. The van der Waals surface area contributed by atoms with Crippen LogP contribution in [0.3, 0.4) is 0 Å². The van der Waals surface area contributed by atoms with Gasteiger partial charge in [-0.15, -0.1) is 0 Å². The molecule has 0 aromatic rings. The Hall–Kier alpha value is -0.190. The molecule has 3 nitrogen and oxygen atoms in total. The zero-order valence-corrected chi connectivity index (χ0v) is 6.66. The van der Waals surface area contributed by atoms with Gasteiger partial charge in [-0.05, 0) is 6.92 Å². The number of rotatable bonds is 2. The molecule has 1 saturated heterocycles. The van der Waals surface area contributed by atoms with Crippen molar-refractivity contribution in [2.24, 2.45) is 0 Å². The van der Waals surface area contributed by atoms with Gasteiger partial charge in [0.05, 0.1) is 12.7 Å². The van der Waals surface area contributed by atoms with Gasteiger partial charge in [-0.2, -0.15) is 0 Å². The first-order chi connectivity index (χ1) is 5.16. The molecule has 0 aliphatic carbocycles. The summed E-state index contributed by atoms with van der Waals surface area (Å²) in [5.74, 6) is 0. The zero-order valence-electron chi connectivity index (χ0n) is 6.66. The summed E-state index contributed by atoms with van der Waals surface area (Å²) >= 11 is 0. The summed E-state index contributed by atoms with van der Waals surface area (Å²) < 4.78 is 22.7. The average molecular weight is 164 g/mol. The van der Waals surface area contributed by atoms with E-state index in [0.717, 1.165) is 0 Å². The van der Waals surface area contributed by atoms with Crippen LogP contribution in [0, 0.1) is 0 Å². The lowest BCUT2D eigenvalue weighted by Gasteiger charge is -2.11. The summed E-state index contributed by atoms with van der Waals surface area (Å²) in [7, 11) is 1.49. The fourth-order valence-electron chi connectivity index (χ4n) is 1.22. The second kappa shape index (κ2) is 3.47. The van der Waals surface area contributed by atoms with Crippen LogP contribution in [0.5, 0.6) is 0 Å². The molecule has 11 heavy (non-hydrogen) atoms. The largest absolute Gasteiger partial charge is 0.387 e. The van der Waals surface area contributed by atoms with Gasteiger partial charge in [0, 0.05) is 7.11 Å². The molecule has 1 aliphatic heterocycles. The van der Waals surface area contributed by atoms with Crippen LogP contribution in [0.15, 0.2) is 0 Å². The topological polar surface area (TPSA) is 38.7 Å². The first-order valence-electron chi connectivity index (χ1n) is 3.63. The van der Waals surface area contributed by atoms with E-state index in [2.05, 4.69) is 0 Å². The highest BCUT2D eigenvalue weighted by Gasteiger charge is 2.41. The van der Waals surface area contributed by atoms with E-state index < -0.39 is 24.5 Å². The number of hydrogen-bond donors (Lipinski definition) is 1. The normalized spacial score (nSPS) is 44.7. The monoisotopic (exact) mass is 164 g/mol. The van der Waals surface area contributed by atoms with Crippen LogP contribution >= 0.6 is 0 Å². The second-order valence-electron chi connectivity index (χ2n) is 2.77. The van der Waals surface area contributed by atoms with Crippen molar-refractivity contribution < 1.29 is 19.0 Å². The second-order valence-corrected chi connectivity index (χ2v) is 2.77. The van der Waals surface area contributed by atoms with Crippen LogP contribution in [0.25, 0.3) is 0 Å². The fraction of sp³-hybridized carbons (Fsp3) is 1.00. The molecular formula is C7H13FO3. The average Bonchev–Trinajstić information content (AvgIpc) is 2.19. The van der Waals surface area contributed by atoms with Crippen LogP contribution < -0.4 is 0 Å². The summed E-state index contributed by atoms with van der Waals surface area (Å²) in [6.07, 6.45) is -3.35. The fourth-order valence-corrected chi connectivity index (χ4v) is 1.22. The van der Waals surface area contributed by atoms with Crippen molar-refractivity contribution in [2.45, 2.75) is 31.4 Å². The van der Waals surface area contributed by atoms with Crippen LogP contribution in [-0.2, 0) is 9.47 Å². The lowest BCUT2D eigenvalue weighted by Crippen LogP contribution is -2.31. The zero-order chi connectivity index (χ0) is 8.43. The summed E-state index contributed by atoms with van der Waals surface area (Å²) in [4.78, 5) is 0. The Morgan fingerprint density at radius 3 is 2.64 bits per heavy atom. The summed E-state index contributed by atoms with van der Waals surface area (Å²) in [6.45, 7) is 1.84. The van der Waals surface area contributed by atoms with Crippen molar-refractivity contribution in [1.82, 2.24) is 0 Å². The molecular weight excluding hydrogens is 151 g/mol.